The molecular weight excluding hydrogens is 504 g/mol. The van der Waals surface area contributed by atoms with Crippen molar-refractivity contribution >= 4 is 27.7 Å². The largest absolute Gasteiger partial charge is 0.483 e. The lowest BCUT2D eigenvalue weighted by Gasteiger charge is -2.32. The molecule has 0 aromatic heterocycles. The highest BCUT2D eigenvalue weighted by Gasteiger charge is 2.31. The number of ether oxygens (including phenoxy) is 1. The number of aryl methyl sites for hydroxylation is 1. The molecule has 0 saturated carbocycles. The zero-order valence-corrected chi connectivity index (χ0v) is 22.3. The Kier molecular flexibility index (Phi) is 9.49. The molecule has 0 spiro atoms. The maximum absolute atomic E-state index is 13.6. The molecule has 0 heterocycles. The average molecular weight is 537 g/mol. The van der Waals surface area contributed by atoms with Crippen LogP contribution in [-0.4, -0.2) is 35.4 Å². The van der Waals surface area contributed by atoms with Crippen LogP contribution in [0, 0.1) is 13.8 Å². The fourth-order valence-corrected chi connectivity index (χ4v) is 4.09. The summed E-state index contributed by atoms with van der Waals surface area (Å²) in [6.45, 7) is 7.97. The maximum Gasteiger partial charge on any atom is 0.261 e. The quantitative estimate of drug-likeness (QED) is 0.366. The van der Waals surface area contributed by atoms with Gasteiger partial charge in [-0.1, -0.05) is 70.5 Å². The van der Waals surface area contributed by atoms with Gasteiger partial charge in [0.15, 0.2) is 6.61 Å². The van der Waals surface area contributed by atoms with Crippen molar-refractivity contribution in [2.24, 2.45) is 0 Å². The SMILES string of the molecule is Cc1cccc(OCC(=O)N(Cc2ccc(Br)cc2)[C@@H](Cc2ccccc2)C(=O)NC(C)C)c1C. The first kappa shape index (κ1) is 26.5. The van der Waals surface area contributed by atoms with E-state index in [4.69, 9.17) is 4.74 Å². The van der Waals surface area contributed by atoms with Gasteiger partial charge in [-0.05, 0) is 68.1 Å². The van der Waals surface area contributed by atoms with Crippen molar-refractivity contribution in [1.29, 1.82) is 0 Å². The molecule has 0 saturated heterocycles. The predicted molar refractivity (Wildman–Crippen MR) is 143 cm³/mol. The van der Waals surface area contributed by atoms with E-state index in [-0.39, 0.29) is 24.5 Å². The molecule has 0 aliphatic carbocycles. The summed E-state index contributed by atoms with van der Waals surface area (Å²) in [5, 5.41) is 3.00. The van der Waals surface area contributed by atoms with Gasteiger partial charge >= 0.3 is 0 Å². The highest BCUT2D eigenvalue weighted by atomic mass is 79.9. The van der Waals surface area contributed by atoms with E-state index in [0.717, 1.165) is 26.7 Å². The second-order valence-corrected chi connectivity index (χ2v) is 9.92. The van der Waals surface area contributed by atoms with E-state index in [1.807, 2.05) is 100 Å². The Morgan fingerprint density at radius 2 is 1.60 bits per heavy atom. The van der Waals surface area contributed by atoms with Gasteiger partial charge in [-0.3, -0.25) is 9.59 Å². The summed E-state index contributed by atoms with van der Waals surface area (Å²) in [6.07, 6.45) is 0.408. The van der Waals surface area contributed by atoms with E-state index in [0.29, 0.717) is 18.7 Å². The zero-order chi connectivity index (χ0) is 25.4. The average Bonchev–Trinajstić information content (AvgIpc) is 2.83. The molecule has 3 aromatic rings. The molecule has 0 aliphatic heterocycles. The van der Waals surface area contributed by atoms with Crippen LogP contribution >= 0.6 is 15.9 Å². The van der Waals surface area contributed by atoms with Gasteiger partial charge in [-0.2, -0.15) is 0 Å². The van der Waals surface area contributed by atoms with Gasteiger partial charge < -0.3 is 15.0 Å². The topological polar surface area (TPSA) is 58.6 Å². The highest BCUT2D eigenvalue weighted by Crippen LogP contribution is 2.22. The summed E-state index contributed by atoms with van der Waals surface area (Å²) >= 11 is 3.46. The number of carbonyl (C=O) groups is 2. The number of amides is 2. The Balaban J connectivity index is 1.92. The lowest BCUT2D eigenvalue weighted by atomic mass is 10.0. The van der Waals surface area contributed by atoms with Crippen molar-refractivity contribution in [2.45, 2.75) is 52.7 Å². The molecule has 0 unspecified atom stereocenters. The maximum atomic E-state index is 13.6. The molecule has 6 heteroatoms. The number of carbonyl (C=O) groups excluding carboxylic acids is 2. The van der Waals surface area contributed by atoms with Gasteiger partial charge in [0.1, 0.15) is 11.8 Å². The van der Waals surface area contributed by atoms with E-state index in [1.165, 1.54) is 0 Å². The highest BCUT2D eigenvalue weighted by molar-refractivity contribution is 9.10. The molecule has 0 aliphatic rings. The summed E-state index contributed by atoms with van der Waals surface area (Å²) in [4.78, 5) is 28.6. The smallest absolute Gasteiger partial charge is 0.261 e. The Hall–Kier alpha value is -3.12. The summed E-state index contributed by atoms with van der Waals surface area (Å²) in [7, 11) is 0. The van der Waals surface area contributed by atoms with Gasteiger partial charge in [-0.25, -0.2) is 0 Å². The number of nitrogens with one attached hydrogen (secondary N) is 1. The van der Waals surface area contributed by atoms with E-state index < -0.39 is 6.04 Å². The third-order valence-corrected chi connectivity index (χ3v) is 6.40. The molecule has 1 N–H and O–H groups in total. The Labute approximate surface area is 216 Å². The number of benzene rings is 3. The summed E-state index contributed by atoms with van der Waals surface area (Å²) in [5.74, 6) is 0.253. The first-order valence-corrected chi connectivity index (χ1v) is 12.6. The summed E-state index contributed by atoms with van der Waals surface area (Å²) < 4.78 is 6.90. The minimum Gasteiger partial charge on any atom is -0.483 e. The molecule has 3 rings (SSSR count). The van der Waals surface area contributed by atoms with E-state index in [1.54, 1.807) is 4.90 Å². The van der Waals surface area contributed by atoms with Crippen LogP contribution in [0.2, 0.25) is 0 Å². The molecular formula is C29H33BrN2O3. The normalized spacial score (nSPS) is 11.7. The molecule has 2 amide bonds. The minimum atomic E-state index is -0.682. The standard InChI is InChI=1S/C29H33BrN2O3/c1-20(2)31-29(34)26(17-23-10-6-5-7-11-23)32(18-24-13-15-25(30)16-14-24)28(33)19-35-27-12-8-9-21(3)22(27)4/h5-16,20,26H,17-19H2,1-4H3,(H,31,34)/t26-/m0/s1. The van der Waals surface area contributed by atoms with Gasteiger partial charge in [0.2, 0.25) is 5.91 Å². The van der Waals surface area contributed by atoms with Gasteiger partial charge in [0, 0.05) is 23.5 Å². The number of hydrogen-bond donors (Lipinski definition) is 1. The number of hydrogen-bond acceptors (Lipinski definition) is 3. The second kappa shape index (κ2) is 12.5. The summed E-state index contributed by atoms with van der Waals surface area (Å²) in [6, 6.07) is 22.6. The van der Waals surface area contributed by atoms with Crippen molar-refractivity contribution in [1.82, 2.24) is 10.2 Å². The predicted octanol–water partition coefficient (Wildman–Crippen LogP) is 5.61. The monoisotopic (exact) mass is 536 g/mol. The lowest BCUT2D eigenvalue weighted by molar-refractivity contribution is -0.143. The molecule has 0 bridgehead atoms. The van der Waals surface area contributed by atoms with Crippen molar-refractivity contribution in [3.8, 4) is 5.75 Å². The number of halogens is 1. The second-order valence-electron chi connectivity index (χ2n) is 9.00. The molecule has 0 radical (unpaired) electrons. The van der Waals surface area contributed by atoms with Crippen molar-refractivity contribution in [3.63, 3.8) is 0 Å². The van der Waals surface area contributed by atoms with E-state index in [9.17, 15) is 9.59 Å². The van der Waals surface area contributed by atoms with Crippen LogP contribution in [0.1, 0.15) is 36.1 Å². The van der Waals surface area contributed by atoms with Crippen molar-refractivity contribution in [2.75, 3.05) is 6.61 Å². The zero-order valence-electron chi connectivity index (χ0n) is 20.8. The third-order valence-electron chi connectivity index (χ3n) is 5.87. The molecule has 184 valence electrons. The number of rotatable bonds is 10. The van der Waals surface area contributed by atoms with Crippen molar-refractivity contribution in [3.05, 3.63) is 99.5 Å². The Morgan fingerprint density at radius 1 is 0.914 bits per heavy atom. The van der Waals surface area contributed by atoms with Crippen LogP contribution in [0.25, 0.3) is 0 Å². The van der Waals surface area contributed by atoms with E-state index in [2.05, 4.69) is 21.2 Å². The van der Waals surface area contributed by atoms with Crippen LogP contribution in [-0.2, 0) is 22.6 Å². The van der Waals surface area contributed by atoms with Crippen LogP contribution in [0.3, 0.4) is 0 Å². The van der Waals surface area contributed by atoms with Crippen LogP contribution < -0.4 is 10.1 Å². The fraction of sp³-hybridized carbons (Fsp3) is 0.310. The fourth-order valence-electron chi connectivity index (χ4n) is 3.82. The van der Waals surface area contributed by atoms with Crippen LogP contribution in [0.4, 0.5) is 0 Å². The molecule has 3 aromatic carbocycles. The Morgan fingerprint density at radius 3 is 2.26 bits per heavy atom. The van der Waals surface area contributed by atoms with Crippen LogP contribution in [0.15, 0.2) is 77.3 Å². The van der Waals surface area contributed by atoms with Gasteiger partial charge in [0.25, 0.3) is 5.91 Å². The molecule has 35 heavy (non-hydrogen) atoms. The molecule has 5 nitrogen and oxygen atoms in total. The first-order valence-electron chi connectivity index (χ1n) is 11.8. The lowest BCUT2D eigenvalue weighted by Crippen LogP contribution is -2.52. The third kappa shape index (κ3) is 7.69. The van der Waals surface area contributed by atoms with Crippen LogP contribution in [0.5, 0.6) is 5.75 Å². The Bertz CT molecular complexity index is 1130. The first-order chi connectivity index (χ1) is 16.7. The van der Waals surface area contributed by atoms with E-state index >= 15 is 0 Å². The number of nitrogens with zero attached hydrogens (tertiary/aromatic N) is 1. The summed E-state index contributed by atoms with van der Waals surface area (Å²) in [5.41, 5.74) is 4.02. The molecule has 0 fully saturated rings. The van der Waals surface area contributed by atoms with Gasteiger partial charge in [0.05, 0.1) is 0 Å². The minimum absolute atomic E-state index is 0.0448. The van der Waals surface area contributed by atoms with Gasteiger partial charge in [-0.15, -0.1) is 0 Å². The molecule has 1 atom stereocenters. The van der Waals surface area contributed by atoms with Crippen molar-refractivity contribution < 1.29 is 14.3 Å².